The molecule has 1 fully saturated rings. The lowest BCUT2D eigenvalue weighted by molar-refractivity contribution is 0.394. The average molecular weight is 237 g/mol. The van der Waals surface area contributed by atoms with Gasteiger partial charge in [-0.3, -0.25) is 0 Å². The molecule has 1 aliphatic rings. The van der Waals surface area contributed by atoms with Crippen LogP contribution in [0.5, 0.6) is 0 Å². The maximum atomic E-state index is 4.32. The maximum Gasteiger partial charge on any atom is 0.130 e. The molecule has 1 aliphatic carbocycles. The zero-order valence-corrected chi connectivity index (χ0v) is 10.8. The molecule has 0 aromatic carbocycles. The Morgan fingerprint density at radius 3 is 3.00 bits per heavy atom. The van der Waals surface area contributed by atoms with E-state index in [4.69, 9.17) is 0 Å². The Labute approximate surface area is 101 Å². The molecule has 0 spiro atoms. The molecule has 4 heteroatoms. The van der Waals surface area contributed by atoms with Crippen molar-refractivity contribution >= 4 is 17.6 Å². The summed E-state index contributed by atoms with van der Waals surface area (Å²) >= 11 is 1.91. The number of nitrogens with zero attached hydrogens (tertiary/aromatic N) is 2. The fourth-order valence-corrected chi connectivity index (χ4v) is 3.54. The highest BCUT2D eigenvalue weighted by atomic mass is 32.2. The first-order chi connectivity index (χ1) is 7.78. The number of anilines is 1. The predicted octanol–water partition coefficient (Wildman–Crippen LogP) is 3.19. The van der Waals surface area contributed by atoms with Crippen LogP contribution in [0.4, 0.5) is 5.82 Å². The molecule has 2 atom stereocenters. The first kappa shape index (κ1) is 11.7. The normalized spacial score (nSPS) is 25.4. The van der Waals surface area contributed by atoms with Crippen molar-refractivity contribution in [2.45, 2.75) is 42.9 Å². The molecule has 0 saturated heterocycles. The van der Waals surface area contributed by atoms with Crippen molar-refractivity contribution < 1.29 is 0 Å². The number of hydrogen-bond donors (Lipinski definition) is 1. The van der Waals surface area contributed by atoms with Gasteiger partial charge in [-0.05, 0) is 18.8 Å². The fraction of sp³-hybridized carbons (Fsp3) is 0.667. The first-order valence-electron chi connectivity index (χ1n) is 5.94. The second-order valence-electron chi connectivity index (χ2n) is 4.50. The molecule has 1 N–H and O–H groups in total. The van der Waals surface area contributed by atoms with Crippen molar-refractivity contribution in [1.29, 1.82) is 0 Å². The fourth-order valence-electron chi connectivity index (χ4n) is 2.20. The van der Waals surface area contributed by atoms with Gasteiger partial charge in [0.05, 0.1) is 0 Å². The van der Waals surface area contributed by atoms with E-state index in [-0.39, 0.29) is 0 Å². The van der Waals surface area contributed by atoms with Crippen LogP contribution in [0.3, 0.4) is 0 Å². The Kier molecular flexibility index (Phi) is 4.04. The van der Waals surface area contributed by atoms with Crippen LogP contribution in [0, 0.1) is 5.92 Å². The summed E-state index contributed by atoms with van der Waals surface area (Å²) in [6.07, 6.45) is 7.04. The third-order valence-corrected chi connectivity index (χ3v) is 4.30. The van der Waals surface area contributed by atoms with Gasteiger partial charge in [-0.25, -0.2) is 9.97 Å². The van der Waals surface area contributed by atoms with Gasteiger partial charge in [-0.15, -0.1) is 11.8 Å². The highest BCUT2D eigenvalue weighted by Crippen LogP contribution is 2.35. The summed E-state index contributed by atoms with van der Waals surface area (Å²) in [5.74, 6) is 1.78. The van der Waals surface area contributed by atoms with Crippen molar-refractivity contribution in [3.8, 4) is 0 Å². The number of aromatic nitrogens is 2. The SMILES string of the molecule is CNc1cc(SC2CCCC(C)C2)ncn1. The quantitative estimate of drug-likeness (QED) is 0.819. The maximum absolute atomic E-state index is 4.32. The van der Waals surface area contributed by atoms with E-state index in [2.05, 4.69) is 22.2 Å². The second-order valence-corrected chi connectivity index (χ2v) is 5.82. The molecule has 88 valence electrons. The van der Waals surface area contributed by atoms with Crippen molar-refractivity contribution in [2.75, 3.05) is 12.4 Å². The van der Waals surface area contributed by atoms with E-state index in [9.17, 15) is 0 Å². The number of hydrogen-bond acceptors (Lipinski definition) is 4. The van der Waals surface area contributed by atoms with Crippen LogP contribution in [0.15, 0.2) is 17.4 Å². The van der Waals surface area contributed by atoms with Crippen LogP contribution in [0.25, 0.3) is 0 Å². The Hall–Kier alpha value is -0.770. The van der Waals surface area contributed by atoms with Crippen molar-refractivity contribution in [3.05, 3.63) is 12.4 Å². The van der Waals surface area contributed by atoms with Crippen molar-refractivity contribution in [1.82, 2.24) is 9.97 Å². The molecule has 3 nitrogen and oxygen atoms in total. The standard InChI is InChI=1S/C12H19N3S/c1-9-4-3-5-10(6-9)16-12-7-11(13-2)14-8-15-12/h7-10H,3-6H2,1-2H3,(H,13,14,15). The van der Waals surface area contributed by atoms with Crippen LogP contribution >= 0.6 is 11.8 Å². The molecular formula is C12H19N3S. The van der Waals surface area contributed by atoms with Crippen molar-refractivity contribution in [2.24, 2.45) is 5.92 Å². The molecule has 1 saturated carbocycles. The first-order valence-corrected chi connectivity index (χ1v) is 6.82. The van der Waals surface area contributed by atoms with E-state index in [1.54, 1.807) is 6.33 Å². The largest absolute Gasteiger partial charge is 0.373 e. The van der Waals surface area contributed by atoms with Crippen molar-refractivity contribution in [3.63, 3.8) is 0 Å². The molecule has 0 bridgehead atoms. The lowest BCUT2D eigenvalue weighted by Crippen LogP contribution is -2.15. The lowest BCUT2D eigenvalue weighted by atomic mass is 9.91. The van der Waals surface area contributed by atoms with E-state index in [0.717, 1.165) is 22.0 Å². The molecule has 2 unspecified atom stereocenters. The van der Waals surface area contributed by atoms with Crippen LogP contribution in [0.1, 0.15) is 32.6 Å². The summed E-state index contributed by atoms with van der Waals surface area (Å²) in [7, 11) is 1.89. The topological polar surface area (TPSA) is 37.8 Å². The van der Waals surface area contributed by atoms with Crippen LogP contribution in [-0.2, 0) is 0 Å². The smallest absolute Gasteiger partial charge is 0.130 e. The number of nitrogens with one attached hydrogen (secondary N) is 1. The Morgan fingerprint density at radius 2 is 2.25 bits per heavy atom. The molecule has 0 aliphatic heterocycles. The monoisotopic (exact) mass is 237 g/mol. The molecule has 1 heterocycles. The van der Waals surface area contributed by atoms with Gasteiger partial charge in [0.1, 0.15) is 17.2 Å². The number of rotatable bonds is 3. The average Bonchev–Trinajstić information content (AvgIpc) is 2.29. The summed E-state index contributed by atoms with van der Waals surface area (Å²) < 4.78 is 0. The molecule has 1 aromatic heterocycles. The van der Waals surface area contributed by atoms with E-state index < -0.39 is 0 Å². The summed E-state index contributed by atoms with van der Waals surface area (Å²) in [6, 6.07) is 2.03. The molecule has 0 amide bonds. The molecule has 2 rings (SSSR count). The number of thioether (sulfide) groups is 1. The minimum absolute atomic E-state index is 0.739. The molecular weight excluding hydrogens is 218 g/mol. The van der Waals surface area contributed by atoms with E-state index in [0.29, 0.717) is 0 Å². The molecule has 1 aromatic rings. The zero-order chi connectivity index (χ0) is 11.4. The van der Waals surface area contributed by atoms with Gasteiger partial charge in [0.15, 0.2) is 0 Å². The Morgan fingerprint density at radius 1 is 1.38 bits per heavy atom. The van der Waals surface area contributed by atoms with E-state index >= 15 is 0 Å². The second kappa shape index (κ2) is 5.53. The lowest BCUT2D eigenvalue weighted by Gasteiger charge is -2.25. The van der Waals surface area contributed by atoms with E-state index in [1.807, 2.05) is 24.9 Å². The van der Waals surface area contributed by atoms with E-state index in [1.165, 1.54) is 25.7 Å². The third-order valence-electron chi connectivity index (χ3n) is 3.07. The third kappa shape index (κ3) is 3.11. The molecule has 0 radical (unpaired) electrons. The highest BCUT2D eigenvalue weighted by Gasteiger charge is 2.20. The van der Waals surface area contributed by atoms with Gasteiger partial charge in [0.25, 0.3) is 0 Å². The van der Waals surface area contributed by atoms with Gasteiger partial charge >= 0.3 is 0 Å². The predicted molar refractivity (Wildman–Crippen MR) is 68.9 cm³/mol. The Bertz CT molecular complexity index is 343. The summed E-state index contributed by atoms with van der Waals surface area (Å²) in [5.41, 5.74) is 0. The highest BCUT2D eigenvalue weighted by molar-refractivity contribution is 7.99. The Balaban J connectivity index is 1.97. The molecule has 16 heavy (non-hydrogen) atoms. The van der Waals surface area contributed by atoms with Gasteiger partial charge in [-0.1, -0.05) is 19.8 Å². The van der Waals surface area contributed by atoms with Gasteiger partial charge in [0.2, 0.25) is 0 Å². The van der Waals surface area contributed by atoms with Gasteiger partial charge in [0, 0.05) is 18.4 Å². The van der Waals surface area contributed by atoms with Gasteiger partial charge < -0.3 is 5.32 Å². The van der Waals surface area contributed by atoms with Crippen LogP contribution in [-0.4, -0.2) is 22.3 Å². The van der Waals surface area contributed by atoms with Crippen LogP contribution < -0.4 is 5.32 Å². The zero-order valence-electron chi connectivity index (χ0n) is 9.94. The summed E-state index contributed by atoms with van der Waals surface area (Å²) in [5, 5.41) is 4.88. The summed E-state index contributed by atoms with van der Waals surface area (Å²) in [6.45, 7) is 2.35. The summed E-state index contributed by atoms with van der Waals surface area (Å²) in [4.78, 5) is 8.45. The van der Waals surface area contributed by atoms with Gasteiger partial charge in [-0.2, -0.15) is 0 Å². The minimum atomic E-state index is 0.739. The van der Waals surface area contributed by atoms with Crippen LogP contribution in [0.2, 0.25) is 0 Å². The minimum Gasteiger partial charge on any atom is -0.373 e.